The van der Waals surface area contributed by atoms with Crippen molar-refractivity contribution in [3.8, 4) is 0 Å². The van der Waals surface area contributed by atoms with Gasteiger partial charge in [0.25, 0.3) is 0 Å². The molecule has 1 rings (SSSR count). The largest absolute Gasteiger partial charge is 0.478 e. The summed E-state index contributed by atoms with van der Waals surface area (Å²) in [6.45, 7) is 8.09. The van der Waals surface area contributed by atoms with Crippen LogP contribution in [-0.2, 0) is 11.3 Å². The van der Waals surface area contributed by atoms with Gasteiger partial charge in [0.1, 0.15) is 0 Å². The Bertz CT molecular complexity index is 505. The predicted molar refractivity (Wildman–Crippen MR) is 78.5 cm³/mol. The van der Waals surface area contributed by atoms with E-state index in [1.165, 1.54) is 0 Å². The summed E-state index contributed by atoms with van der Waals surface area (Å²) in [5.74, 6) is -0.970. The van der Waals surface area contributed by atoms with E-state index in [1.54, 1.807) is 36.2 Å². The predicted octanol–water partition coefficient (Wildman–Crippen LogP) is 2.95. The van der Waals surface area contributed by atoms with Gasteiger partial charge in [0.2, 0.25) is 5.91 Å². The zero-order valence-corrected chi connectivity index (χ0v) is 12.2. The lowest BCUT2D eigenvalue weighted by atomic mass is 10.0. The maximum Gasteiger partial charge on any atom is 0.335 e. The molecule has 0 saturated heterocycles. The number of rotatable bonds is 6. The molecule has 0 aliphatic heterocycles. The van der Waals surface area contributed by atoms with Crippen LogP contribution in [0.3, 0.4) is 0 Å². The van der Waals surface area contributed by atoms with Gasteiger partial charge in [0, 0.05) is 19.5 Å². The highest BCUT2D eigenvalue weighted by Crippen LogP contribution is 2.14. The lowest BCUT2D eigenvalue weighted by Crippen LogP contribution is -2.31. The van der Waals surface area contributed by atoms with Gasteiger partial charge in [0.05, 0.1) is 5.56 Å². The Morgan fingerprint density at radius 2 is 1.85 bits per heavy atom. The number of carboxylic acid groups (broad SMARTS) is 1. The van der Waals surface area contributed by atoms with Gasteiger partial charge in [-0.3, -0.25) is 4.79 Å². The normalized spacial score (nSPS) is 11.8. The average Bonchev–Trinajstić information content (AvgIpc) is 2.37. The molecule has 0 spiro atoms. The van der Waals surface area contributed by atoms with Gasteiger partial charge >= 0.3 is 5.97 Å². The first-order valence-corrected chi connectivity index (χ1v) is 6.53. The molecule has 1 atom stereocenters. The standard InChI is InChI=1S/C16H21NO3/c1-11(2)9-12(3)15(18)17(4)10-13-5-7-14(8-6-13)16(19)20/h5-8,12H,1,9-10H2,2-4H3,(H,19,20). The fourth-order valence-corrected chi connectivity index (χ4v) is 2.09. The van der Waals surface area contributed by atoms with E-state index in [0.717, 1.165) is 11.1 Å². The first-order chi connectivity index (χ1) is 9.31. The van der Waals surface area contributed by atoms with Crippen LogP contribution in [0.5, 0.6) is 0 Å². The molecule has 0 heterocycles. The van der Waals surface area contributed by atoms with E-state index in [9.17, 15) is 9.59 Å². The third kappa shape index (κ3) is 4.53. The maximum atomic E-state index is 12.1. The lowest BCUT2D eigenvalue weighted by Gasteiger charge is -2.21. The summed E-state index contributed by atoms with van der Waals surface area (Å²) in [4.78, 5) is 24.6. The molecule has 20 heavy (non-hydrogen) atoms. The van der Waals surface area contributed by atoms with E-state index in [4.69, 9.17) is 5.11 Å². The molecule has 4 heteroatoms. The number of allylic oxidation sites excluding steroid dienone is 1. The fourth-order valence-electron chi connectivity index (χ4n) is 2.09. The van der Waals surface area contributed by atoms with Crippen LogP contribution in [0, 0.1) is 5.92 Å². The van der Waals surface area contributed by atoms with Crippen LogP contribution in [0.15, 0.2) is 36.4 Å². The number of nitrogens with zero attached hydrogens (tertiary/aromatic N) is 1. The number of benzene rings is 1. The van der Waals surface area contributed by atoms with Gasteiger partial charge in [-0.25, -0.2) is 4.79 Å². The Morgan fingerprint density at radius 1 is 1.30 bits per heavy atom. The minimum atomic E-state index is -0.948. The minimum Gasteiger partial charge on any atom is -0.478 e. The first kappa shape index (κ1) is 16.0. The van der Waals surface area contributed by atoms with E-state index in [-0.39, 0.29) is 17.4 Å². The van der Waals surface area contributed by atoms with Gasteiger partial charge in [-0.1, -0.05) is 24.6 Å². The third-order valence-electron chi connectivity index (χ3n) is 3.07. The fraction of sp³-hybridized carbons (Fsp3) is 0.375. The Hall–Kier alpha value is -2.10. The summed E-state index contributed by atoms with van der Waals surface area (Å²) >= 11 is 0. The van der Waals surface area contributed by atoms with Crippen LogP contribution in [0.1, 0.15) is 36.2 Å². The molecular weight excluding hydrogens is 254 g/mol. The highest BCUT2D eigenvalue weighted by atomic mass is 16.4. The molecule has 0 aliphatic carbocycles. The van der Waals surface area contributed by atoms with Gasteiger partial charge < -0.3 is 10.0 Å². The summed E-state index contributed by atoms with van der Waals surface area (Å²) < 4.78 is 0. The second-order valence-corrected chi connectivity index (χ2v) is 5.26. The van der Waals surface area contributed by atoms with Crippen LogP contribution in [-0.4, -0.2) is 28.9 Å². The van der Waals surface area contributed by atoms with Crippen molar-refractivity contribution < 1.29 is 14.7 Å². The monoisotopic (exact) mass is 275 g/mol. The second-order valence-electron chi connectivity index (χ2n) is 5.26. The molecule has 1 amide bonds. The Kier molecular flexibility index (Phi) is 5.50. The van der Waals surface area contributed by atoms with E-state index in [2.05, 4.69) is 6.58 Å². The zero-order valence-electron chi connectivity index (χ0n) is 12.2. The molecule has 0 saturated carbocycles. The van der Waals surface area contributed by atoms with Gasteiger partial charge in [-0.2, -0.15) is 0 Å². The van der Waals surface area contributed by atoms with Crippen molar-refractivity contribution in [2.75, 3.05) is 7.05 Å². The molecule has 0 aromatic heterocycles. The molecule has 1 N–H and O–H groups in total. The minimum absolute atomic E-state index is 0.0651. The van der Waals surface area contributed by atoms with Gasteiger partial charge in [0.15, 0.2) is 0 Å². The summed E-state index contributed by atoms with van der Waals surface area (Å²) in [7, 11) is 1.75. The van der Waals surface area contributed by atoms with E-state index >= 15 is 0 Å². The number of carbonyl (C=O) groups is 2. The highest BCUT2D eigenvalue weighted by molar-refractivity contribution is 5.87. The Balaban J connectivity index is 2.65. The Morgan fingerprint density at radius 3 is 2.30 bits per heavy atom. The second kappa shape index (κ2) is 6.89. The summed E-state index contributed by atoms with van der Waals surface area (Å²) in [5.41, 5.74) is 2.15. The van der Waals surface area contributed by atoms with Crippen molar-refractivity contribution in [3.63, 3.8) is 0 Å². The number of hydrogen-bond acceptors (Lipinski definition) is 2. The topological polar surface area (TPSA) is 57.6 Å². The van der Waals surface area contributed by atoms with Crippen LogP contribution in [0.4, 0.5) is 0 Å². The highest BCUT2D eigenvalue weighted by Gasteiger charge is 2.17. The molecule has 1 unspecified atom stereocenters. The molecule has 0 fully saturated rings. The third-order valence-corrected chi connectivity index (χ3v) is 3.07. The van der Waals surface area contributed by atoms with Crippen LogP contribution in [0.2, 0.25) is 0 Å². The van der Waals surface area contributed by atoms with Crippen molar-refractivity contribution in [3.05, 3.63) is 47.5 Å². The smallest absolute Gasteiger partial charge is 0.335 e. The number of amides is 1. The average molecular weight is 275 g/mol. The molecule has 0 aliphatic rings. The summed E-state index contributed by atoms with van der Waals surface area (Å²) in [5, 5.41) is 8.83. The van der Waals surface area contributed by atoms with E-state index in [1.807, 2.05) is 13.8 Å². The number of carboxylic acids is 1. The van der Waals surface area contributed by atoms with Crippen molar-refractivity contribution in [2.45, 2.75) is 26.8 Å². The van der Waals surface area contributed by atoms with Crippen molar-refractivity contribution in [1.29, 1.82) is 0 Å². The van der Waals surface area contributed by atoms with Gasteiger partial charge in [-0.05, 0) is 31.0 Å². The first-order valence-electron chi connectivity index (χ1n) is 6.53. The van der Waals surface area contributed by atoms with Crippen LogP contribution >= 0.6 is 0 Å². The number of hydrogen-bond donors (Lipinski definition) is 1. The molecule has 108 valence electrons. The quantitative estimate of drug-likeness (QED) is 0.812. The SMILES string of the molecule is C=C(C)CC(C)C(=O)N(C)Cc1ccc(C(=O)O)cc1. The van der Waals surface area contributed by atoms with Crippen LogP contribution in [0.25, 0.3) is 0 Å². The maximum absolute atomic E-state index is 12.1. The van der Waals surface area contributed by atoms with Gasteiger partial charge in [-0.15, -0.1) is 6.58 Å². The Labute approximate surface area is 119 Å². The molecule has 4 nitrogen and oxygen atoms in total. The van der Waals surface area contributed by atoms with Crippen molar-refractivity contribution in [2.24, 2.45) is 5.92 Å². The van der Waals surface area contributed by atoms with E-state index in [0.29, 0.717) is 13.0 Å². The van der Waals surface area contributed by atoms with E-state index < -0.39 is 5.97 Å². The summed E-state index contributed by atoms with van der Waals surface area (Å²) in [6.07, 6.45) is 0.682. The molecule has 0 radical (unpaired) electrons. The number of carbonyl (C=O) groups excluding carboxylic acids is 1. The van der Waals surface area contributed by atoms with Crippen LogP contribution < -0.4 is 0 Å². The zero-order chi connectivity index (χ0) is 15.3. The van der Waals surface area contributed by atoms with Crippen molar-refractivity contribution in [1.82, 2.24) is 4.90 Å². The van der Waals surface area contributed by atoms with Crippen molar-refractivity contribution >= 4 is 11.9 Å². The summed E-state index contributed by atoms with van der Waals surface area (Å²) in [6, 6.07) is 6.56. The molecule has 1 aromatic carbocycles. The lowest BCUT2D eigenvalue weighted by molar-refractivity contribution is -0.134. The molecular formula is C16H21NO3. The molecule has 1 aromatic rings. The molecule has 0 bridgehead atoms. The number of aromatic carboxylic acids is 1.